The van der Waals surface area contributed by atoms with Crippen LogP contribution in [0.4, 0.5) is 0 Å². The van der Waals surface area contributed by atoms with Crippen molar-refractivity contribution in [1.82, 2.24) is 14.7 Å². The van der Waals surface area contributed by atoms with Gasteiger partial charge in [-0.05, 0) is 35.7 Å². The van der Waals surface area contributed by atoms with Crippen molar-refractivity contribution in [3.8, 4) is 0 Å². The molecule has 0 radical (unpaired) electrons. The van der Waals surface area contributed by atoms with Crippen molar-refractivity contribution < 1.29 is 5.02 Å². The summed E-state index contributed by atoms with van der Waals surface area (Å²) in [5.41, 5.74) is 4.78. The molecule has 1 aromatic carbocycles. The highest BCUT2D eigenvalue weighted by molar-refractivity contribution is 9.15. The Labute approximate surface area is 157 Å². The normalized spacial score (nSPS) is 21.1. The Morgan fingerprint density at radius 3 is 2.64 bits per heavy atom. The van der Waals surface area contributed by atoms with E-state index in [1.807, 2.05) is 19.1 Å². The summed E-state index contributed by atoms with van der Waals surface area (Å²) < 4.78 is 1.10. The molecule has 1 aromatic heterocycles. The molecular formula is C19H21BBrN3O. The van der Waals surface area contributed by atoms with Crippen LogP contribution in [0.5, 0.6) is 0 Å². The molecule has 1 aliphatic carbocycles. The Kier molecular flexibility index (Phi) is 4.78. The van der Waals surface area contributed by atoms with E-state index < -0.39 is 0 Å². The van der Waals surface area contributed by atoms with Gasteiger partial charge in [-0.25, -0.2) is 0 Å². The van der Waals surface area contributed by atoms with Gasteiger partial charge in [0.05, 0.1) is 11.7 Å². The van der Waals surface area contributed by atoms with Crippen LogP contribution in [0, 0.1) is 0 Å². The van der Waals surface area contributed by atoms with E-state index in [2.05, 4.69) is 62.0 Å². The van der Waals surface area contributed by atoms with Crippen molar-refractivity contribution in [1.29, 1.82) is 0 Å². The lowest BCUT2D eigenvalue weighted by Gasteiger charge is -2.40. The number of halogens is 1. The molecule has 1 saturated heterocycles. The van der Waals surface area contributed by atoms with E-state index in [9.17, 15) is 5.02 Å². The fourth-order valence-electron chi connectivity index (χ4n) is 3.83. The summed E-state index contributed by atoms with van der Waals surface area (Å²) in [5.74, 6) is 0. The summed E-state index contributed by atoms with van der Waals surface area (Å²) in [6.45, 7) is 5.41. The Bertz CT molecular complexity index is 803. The van der Waals surface area contributed by atoms with Crippen molar-refractivity contribution in [3.63, 3.8) is 0 Å². The second-order valence-electron chi connectivity index (χ2n) is 6.66. The molecule has 2 aliphatic rings. The minimum absolute atomic E-state index is 0.134. The number of nitrogens with zero attached hydrogens (tertiary/aromatic N) is 3. The number of hydrogen-bond acceptors (Lipinski definition) is 4. The Balaban J connectivity index is 1.77. The first-order valence-electron chi connectivity index (χ1n) is 8.73. The maximum absolute atomic E-state index is 9.85. The van der Waals surface area contributed by atoms with Crippen LogP contribution in [0.15, 0.2) is 42.6 Å². The molecule has 1 atom stereocenters. The summed E-state index contributed by atoms with van der Waals surface area (Å²) in [4.78, 5) is 9.36. The maximum Gasteiger partial charge on any atom is 0.376 e. The van der Waals surface area contributed by atoms with Gasteiger partial charge in [0.25, 0.3) is 0 Å². The van der Waals surface area contributed by atoms with Crippen molar-refractivity contribution in [3.05, 3.63) is 65.0 Å². The third-order valence-electron chi connectivity index (χ3n) is 5.17. The average molecular weight is 398 g/mol. The van der Waals surface area contributed by atoms with Crippen LogP contribution >= 0.6 is 15.9 Å². The molecule has 0 bridgehead atoms. The van der Waals surface area contributed by atoms with Gasteiger partial charge in [-0.3, -0.25) is 9.88 Å². The number of piperazine rings is 1. The summed E-state index contributed by atoms with van der Waals surface area (Å²) >= 11 is 3.76. The van der Waals surface area contributed by atoms with Crippen molar-refractivity contribution in [2.45, 2.75) is 12.9 Å². The van der Waals surface area contributed by atoms with Crippen LogP contribution in [-0.2, 0) is 0 Å². The second-order valence-corrected chi connectivity index (χ2v) is 7.52. The molecule has 0 spiro atoms. The van der Waals surface area contributed by atoms with Gasteiger partial charge in [-0.15, -0.1) is 0 Å². The zero-order chi connectivity index (χ0) is 17.4. The Morgan fingerprint density at radius 1 is 1.12 bits per heavy atom. The summed E-state index contributed by atoms with van der Waals surface area (Å²) in [6.07, 6.45) is 4.06. The van der Waals surface area contributed by atoms with Gasteiger partial charge >= 0.3 is 7.05 Å². The number of aromatic nitrogens is 1. The molecule has 1 unspecified atom stereocenters. The van der Waals surface area contributed by atoms with Gasteiger partial charge in [-0.1, -0.05) is 46.3 Å². The van der Waals surface area contributed by atoms with E-state index in [-0.39, 0.29) is 13.1 Å². The first-order valence-corrected chi connectivity index (χ1v) is 9.52. The van der Waals surface area contributed by atoms with Crippen LogP contribution in [0.1, 0.15) is 28.4 Å². The van der Waals surface area contributed by atoms with Gasteiger partial charge < -0.3 is 9.83 Å². The molecule has 1 N–H and O–H groups in total. The monoisotopic (exact) mass is 397 g/mol. The molecule has 0 amide bonds. The summed E-state index contributed by atoms with van der Waals surface area (Å²) in [5, 5.41) is 9.85. The fraction of sp³-hybridized carbons (Fsp3) is 0.316. The maximum atomic E-state index is 9.85. The fourth-order valence-corrected chi connectivity index (χ4v) is 4.44. The second kappa shape index (κ2) is 7.04. The Hall–Kier alpha value is -1.47. The van der Waals surface area contributed by atoms with E-state index in [1.54, 1.807) is 0 Å². The summed E-state index contributed by atoms with van der Waals surface area (Å²) in [6, 6.07) is 12.8. The molecule has 2 aromatic rings. The van der Waals surface area contributed by atoms with Gasteiger partial charge in [0.2, 0.25) is 0 Å². The van der Waals surface area contributed by atoms with Crippen LogP contribution in [0.2, 0.25) is 6.82 Å². The minimum Gasteiger partial charge on any atom is -0.437 e. The molecule has 2 heterocycles. The van der Waals surface area contributed by atoms with E-state index >= 15 is 0 Å². The number of fused-ring (bicyclic) bond motifs is 2. The highest BCUT2D eigenvalue weighted by atomic mass is 79.9. The van der Waals surface area contributed by atoms with Crippen LogP contribution in [-0.4, -0.2) is 52.9 Å². The highest BCUT2D eigenvalue weighted by Gasteiger charge is 2.33. The lowest BCUT2D eigenvalue weighted by molar-refractivity contribution is 0.144. The largest absolute Gasteiger partial charge is 0.437 e. The van der Waals surface area contributed by atoms with Crippen molar-refractivity contribution in [2.24, 2.45) is 0 Å². The molecule has 4 rings (SSSR count). The van der Waals surface area contributed by atoms with Gasteiger partial charge in [0.15, 0.2) is 0 Å². The quantitative estimate of drug-likeness (QED) is 0.790. The lowest BCUT2D eigenvalue weighted by Crippen LogP contribution is -2.52. The first-order chi connectivity index (χ1) is 12.1. The average Bonchev–Trinajstić information content (AvgIpc) is 2.76. The molecular weight excluding hydrogens is 377 g/mol. The third kappa shape index (κ3) is 3.20. The lowest BCUT2D eigenvalue weighted by atomic mass is 9.84. The first kappa shape index (κ1) is 17.0. The molecule has 1 aliphatic heterocycles. The topological polar surface area (TPSA) is 39.6 Å². The van der Waals surface area contributed by atoms with Crippen LogP contribution in [0.3, 0.4) is 0 Å². The number of pyridine rings is 1. The summed E-state index contributed by atoms with van der Waals surface area (Å²) in [7, 11) is -0.384. The molecule has 128 valence electrons. The smallest absolute Gasteiger partial charge is 0.376 e. The van der Waals surface area contributed by atoms with Gasteiger partial charge in [-0.2, -0.15) is 0 Å². The van der Waals surface area contributed by atoms with Gasteiger partial charge in [0.1, 0.15) is 0 Å². The van der Waals surface area contributed by atoms with Gasteiger partial charge in [0, 0.05) is 36.9 Å². The van der Waals surface area contributed by atoms with Crippen LogP contribution < -0.4 is 0 Å². The zero-order valence-electron chi connectivity index (χ0n) is 14.3. The third-order valence-corrected chi connectivity index (χ3v) is 5.82. The number of benzene rings is 1. The molecule has 1 fully saturated rings. The number of rotatable bonds is 2. The highest BCUT2D eigenvalue weighted by Crippen LogP contribution is 2.40. The molecule has 6 heteroatoms. The van der Waals surface area contributed by atoms with E-state index in [4.69, 9.17) is 4.98 Å². The Morgan fingerprint density at radius 2 is 1.88 bits per heavy atom. The van der Waals surface area contributed by atoms with E-state index in [1.165, 1.54) is 11.1 Å². The van der Waals surface area contributed by atoms with Crippen molar-refractivity contribution >= 4 is 33.5 Å². The van der Waals surface area contributed by atoms with Crippen molar-refractivity contribution in [2.75, 3.05) is 26.2 Å². The number of hydrogen-bond donors (Lipinski definition) is 1. The standard InChI is InChI=1S/C19H21BBrN3O/c1-20(25)24-11-9-23(10-12-24)19-16-7-3-2-6-15(16)17(21)13-14-5-4-8-22-18(14)19/h2-8,13,19,25H,9-12H2,1H3. The van der Waals surface area contributed by atoms with Crippen LogP contribution in [0.25, 0.3) is 10.6 Å². The SMILES string of the molecule is CB(O)N1CCN(C2c3ccccc3C(Br)=Cc3cccnc32)CC1. The molecule has 25 heavy (non-hydrogen) atoms. The minimum atomic E-state index is -0.384. The zero-order valence-corrected chi connectivity index (χ0v) is 15.9. The molecule has 4 nitrogen and oxygen atoms in total. The predicted molar refractivity (Wildman–Crippen MR) is 106 cm³/mol. The van der Waals surface area contributed by atoms with E-state index in [0.29, 0.717) is 0 Å². The molecule has 0 saturated carbocycles. The predicted octanol–water partition coefficient (Wildman–Crippen LogP) is 3.11. The van der Waals surface area contributed by atoms with E-state index in [0.717, 1.165) is 41.9 Å².